The fourth-order valence-electron chi connectivity index (χ4n) is 3.40. The highest BCUT2D eigenvalue weighted by atomic mass is 35.5. The molecule has 7 nitrogen and oxygen atoms in total. The predicted octanol–water partition coefficient (Wildman–Crippen LogP) is 3.35. The van der Waals surface area contributed by atoms with E-state index >= 15 is 0 Å². The molecule has 0 saturated heterocycles. The number of halogens is 1. The molecule has 2 aromatic rings. The average Bonchev–Trinajstić information content (AvgIpc) is 3.03. The number of carboxylic acid groups (broad SMARTS) is 1. The summed E-state index contributed by atoms with van der Waals surface area (Å²) >= 11 is 0. The molecular weight excluding hydrogens is 398 g/mol. The van der Waals surface area contributed by atoms with Crippen LogP contribution in [0, 0.1) is 0 Å². The number of aliphatic carboxylic acids is 1. The van der Waals surface area contributed by atoms with Gasteiger partial charge >= 0.3 is 18.0 Å². The molecule has 0 aliphatic heterocycles. The highest BCUT2D eigenvalue weighted by Gasteiger charge is 2.29. The molecule has 1 atom stereocenters. The van der Waals surface area contributed by atoms with Gasteiger partial charge in [0.25, 0.3) is 0 Å². The highest BCUT2D eigenvalue weighted by molar-refractivity contribution is 5.85. The molecule has 1 aliphatic carbocycles. The number of esters is 1. The Bertz CT molecular complexity index is 855. The molecular formula is C21H22ClNO6. The van der Waals surface area contributed by atoms with Gasteiger partial charge in [0.1, 0.15) is 12.6 Å². The second-order valence-electron chi connectivity index (χ2n) is 6.48. The minimum atomic E-state index is -1.24. The number of methoxy groups -OCH3 is 1. The Morgan fingerprint density at radius 2 is 1.59 bits per heavy atom. The summed E-state index contributed by atoms with van der Waals surface area (Å²) < 4.78 is 9.81. The van der Waals surface area contributed by atoms with Gasteiger partial charge in [-0.25, -0.2) is 9.59 Å². The predicted molar refractivity (Wildman–Crippen MR) is 108 cm³/mol. The second kappa shape index (κ2) is 9.93. The van der Waals surface area contributed by atoms with Crippen LogP contribution in [0.1, 0.15) is 29.9 Å². The number of hydrogen-bond acceptors (Lipinski definition) is 5. The van der Waals surface area contributed by atoms with Crippen LogP contribution < -0.4 is 5.32 Å². The van der Waals surface area contributed by atoms with E-state index in [0.717, 1.165) is 22.3 Å². The van der Waals surface area contributed by atoms with Crippen LogP contribution in [-0.4, -0.2) is 42.9 Å². The number of carbonyl (C=O) groups is 3. The fraction of sp³-hybridized carbons (Fsp3) is 0.286. The van der Waals surface area contributed by atoms with Crippen LogP contribution in [0.2, 0.25) is 0 Å². The van der Waals surface area contributed by atoms with Crippen molar-refractivity contribution in [2.24, 2.45) is 0 Å². The number of fused-ring (bicyclic) bond motifs is 3. The van der Waals surface area contributed by atoms with Crippen LogP contribution in [0.15, 0.2) is 48.5 Å². The summed E-state index contributed by atoms with van der Waals surface area (Å²) in [7, 11) is 1.22. The number of carbonyl (C=O) groups excluding carboxylic acids is 2. The van der Waals surface area contributed by atoms with Crippen LogP contribution >= 0.6 is 12.4 Å². The molecule has 0 radical (unpaired) electrons. The lowest BCUT2D eigenvalue weighted by Gasteiger charge is -2.17. The smallest absolute Gasteiger partial charge is 0.407 e. The molecule has 29 heavy (non-hydrogen) atoms. The van der Waals surface area contributed by atoms with Gasteiger partial charge in [0, 0.05) is 12.3 Å². The number of amides is 1. The molecule has 3 rings (SSSR count). The monoisotopic (exact) mass is 419 g/mol. The van der Waals surface area contributed by atoms with E-state index < -0.39 is 24.1 Å². The van der Waals surface area contributed by atoms with Crippen LogP contribution in [0.3, 0.4) is 0 Å². The van der Waals surface area contributed by atoms with Gasteiger partial charge in [0.05, 0.1) is 7.11 Å². The van der Waals surface area contributed by atoms with Crippen molar-refractivity contribution in [1.82, 2.24) is 5.32 Å². The van der Waals surface area contributed by atoms with Gasteiger partial charge in [0.2, 0.25) is 0 Å². The van der Waals surface area contributed by atoms with Gasteiger partial charge in [-0.2, -0.15) is 0 Å². The summed E-state index contributed by atoms with van der Waals surface area (Å²) in [5.74, 6) is -1.89. The Kier molecular flexibility index (Phi) is 7.61. The molecule has 1 amide bonds. The van der Waals surface area contributed by atoms with E-state index in [1.165, 1.54) is 7.11 Å². The Hall–Kier alpha value is -3.06. The summed E-state index contributed by atoms with van der Waals surface area (Å²) in [5, 5.41) is 11.5. The van der Waals surface area contributed by atoms with E-state index in [0.29, 0.717) is 0 Å². The number of nitrogens with one attached hydrogen (secondary N) is 1. The first-order chi connectivity index (χ1) is 13.5. The van der Waals surface area contributed by atoms with Crippen molar-refractivity contribution in [2.75, 3.05) is 13.7 Å². The number of benzene rings is 2. The number of hydrogen-bond donors (Lipinski definition) is 2. The maximum atomic E-state index is 12.1. The Labute approximate surface area is 174 Å². The Morgan fingerprint density at radius 1 is 1.03 bits per heavy atom. The summed E-state index contributed by atoms with van der Waals surface area (Å²) in [6, 6.07) is 14.6. The molecule has 2 N–H and O–H groups in total. The third-order valence-electron chi connectivity index (χ3n) is 4.80. The molecule has 2 aromatic carbocycles. The average molecular weight is 420 g/mol. The maximum absolute atomic E-state index is 12.1. The quantitative estimate of drug-likeness (QED) is 0.667. The minimum absolute atomic E-state index is 0. The Morgan fingerprint density at radius 3 is 2.10 bits per heavy atom. The number of carboxylic acids is 1. The van der Waals surface area contributed by atoms with Crippen LogP contribution in [-0.2, 0) is 19.1 Å². The van der Waals surface area contributed by atoms with Crippen molar-refractivity contribution in [1.29, 1.82) is 0 Å². The van der Waals surface area contributed by atoms with Crippen molar-refractivity contribution in [2.45, 2.75) is 24.8 Å². The first-order valence-corrected chi connectivity index (χ1v) is 8.92. The van der Waals surface area contributed by atoms with Gasteiger partial charge in [-0.1, -0.05) is 48.5 Å². The number of alkyl carbamates (subject to hydrolysis) is 1. The molecule has 0 spiro atoms. The van der Waals surface area contributed by atoms with E-state index in [1.54, 1.807) is 0 Å². The standard InChI is InChI=1S/C21H21NO6.ClH/c1-27-19(23)11-10-18(20(24)25)22-21(26)28-12-17-15-8-4-2-6-13(15)14-7-3-5-9-16(14)17;/h2-9,17-18H,10-12H2,1H3,(H,22,26)(H,24,25);1H/t18-;/m0./s1. The molecule has 8 heteroatoms. The van der Waals surface area contributed by atoms with Crippen molar-refractivity contribution in [3.8, 4) is 11.1 Å². The number of ether oxygens (including phenoxy) is 2. The summed E-state index contributed by atoms with van der Waals surface area (Å²) in [6.07, 6.45) is -1.03. The molecule has 0 unspecified atom stereocenters. The van der Waals surface area contributed by atoms with E-state index in [-0.39, 0.29) is 37.8 Å². The van der Waals surface area contributed by atoms with Gasteiger partial charge in [-0.15, -0.1) is 12.4 Å². The zero-order valence-electron chi connectivity index (χ0n) is 15.8. The van der Waals surface area contributed by atoms with Crippen LogP contribution in [0.25, 0.3) is 11.1 Å². The fourth-order valence-corrected chi connectivity index (χ4v) is 3.40. The lowest BCUT2D eigenvalue weighted by atomic mass is 9.98. The molecule has 154 valence electrons. The van der Waals surface area contributed by atoms with Crippen LogP contribution in [0.4, 0.5) is 4.79 Å². The van der Waals surface area contributed by atoms with Crippen molar-refractivity contribution in [3.05, 3.63) is 59.7 Å². The minimum Gasteiger partial charge on any atom is -0.480 e. The second-order valence-corrected chi connectivity index (χ2v) is 6.48. The van der Waals surface area contributed by atoms with Gasteiger partial charge in [-0.3, -0.25) is 4.79 Å². The van der Waals surface area contributed by atoms with E-state index in [9.17, 15) is 19.5 Å². The third-order valence-corrected chi connectivity index (χ3v) is 4.80. The molecule has 0 heterocycles. The lowest BCUT2D eigenvalue weighted by Crippen LogP contribution is -2.41. The first kappa shape index (κ1) is 22.2. The summed E-state index contributed by atoms with van der Waals surface area (Å²) in [4.78, 5) is 34.6. The van der Waals surface area contributed by atoms with Crippen molar-refractivity contribution >= 4 is 30.4 Å². The zero-order valence-corrected chi connectivity index (χ0v) is 16.6. The molecule has 0 bridgehead atoms. The first-order valence-electron chi connectivity index (χ1n) is 8.92. The Balaban J connectivity index is 0.00000300. The maximum Gasteiger partial charge on any atom is 0.407 e. The third kappa shape index (κ3) is 5.06. The number of rotatable bonds is 7. The largest absolute Gasteiger partial charge is 0.480 e. The summed E-state index contributed by atoms with van der Waals surface area (Å²) in [5.41, 5.74) is 4.34. The summed E-state index contributed by atoms with van der Waals surface area (Å²) in [6.45, 7) is 0.0865. The van der Waals surface area contributed by atoms with Gasteiger partial charge < -0.3 is 19.9 Å². The molecule has 0 aromatic heterocycles. The van der Waals surface area contributed by atoms with Gasteiger partial charge in [-0.05, 0) is 28.7 Å². The molecule has 0 saturated carbocycles. The van der Waals surface area contributed by atoms with E-state index in [4.69, 9.17) is 4.74 Å². The highest BCUT2D eigenvalue weighted by Crippen LogP contribution is 2.44. The van der Waals surface area contributed by atoms with Crippen molar-refractivity contribution in [3.63, 3.8) is 0 Å². The van der Waals surface area contributed by atoms with Crippen molar-refractivity contribution < 1.29 is 29.0 Å². The van der Waals surface area contributed by atoms with E-state index in [2.05, 4.69) is 10.1 Å². The normalized spacial score (nSPS) is 12.7. The van der Waals surface area contributed by atoms with Gasteiger partial charge in [0.15, 0.2) is 0 Å². The zero-order chi connectivity index (χ0) is 20.1. The van der Waals surface area contributed by atoms with Crippen LogP contribution in [0.5, 0.6) is 0 Å². The SMILES string of the molecule is COC(=O)CC[C@H](NC(=O)OCC1c2ccccc2-c2ccccc21)C(=O)O.Cl. The van der Waals surface area contributed by atoms with E-state index in [1.807, 2.05) is 48.5 Å². The lowest BCUT2D eigenvalue weighted by molar-refractivity contribution is -0.142. The molecule has 1 aliphatic rings. The molecule has 0 fully saturated rings. The topological polar surface area (TPSA) is 102 Å².